The van der Waals surface area contributed by atoms with Crippen molar-refractivity contribution in [2.24, 2.45) is 0 Å². The first-order valence-electron chi connectivity index (χ1n) is 7.23. The van der Waals surface area contributed by atoms with Crippen LogP contribution in [-0.4, -0.2) is 42.7 Å². The van der Waals surface area contributed by atoms with Gasteiger partial charge in [0.1, 0.15) is 11.5 Å². The third-order valence-corrected chi connectivity index (χ3v) is 3.01. The van der Waals surface area contributed by atoms with Crippen LogP contribution in [0.5, 0.6) is 5.75 Å². The number of likely N-dealkylation sites (N-methyl/N-ethyl adjacent to an activating group) is 1. The van der Waals surface area contributed by atoms with E-state index in [2.05, 4.69) is 10.5 Å². The Hall–Kier alpha value is -2.34. The number of nitrogens with zero attached hydrogens (tertiary/aromatic N) is 2. The van der Waals surface area contributed by atoms with E-state index in [0.717, 1.165) is 18.7 Å². The van der Waals surface area contributed by atoms with E-state index in [1.807, 2.05) is 42.3 Å². The quantitative estimate of drug-likeness (QED) is 0.758. The first-order valence-corrected chi connectivity index (χ1v) is 7.23. The molecule has 1 aromatic carbocycles. The number of amides is 1. The zero-order valence-corrected chi connectivity index (χ0v) is 12.9. The molecule has 0 saturated carbocycles. The van der Waals surface area contributed by atoms with E-state index in [1.165, 1.54) is 0 Å². The Morgan fingerprint density at radius 1 is 1.36 bits per heavy atom. The van der Waals surface area contributed by atoms with Crippen molar-refractivity contribution in [1.82, 2.24) is 10.1 Å². The predicted molar refractivity (Wildman–Crippen MR) is 83.9 cm³/mol. The molecule has 118 valence electrons. The fourth-order valence-corrected chi connectivity index (χ4v) is 1.97. The molecular formula is C16H21N3O3. The number of carbonyl (C=O) groups is 1. The molecular weight excluding hydrogens is 282 g/mol. The van der Waals surface area contributed by atoms with Gasteiger partial charge in [-0.1, -0.05) is 23.4 Å². The summed E-state index contributed by atoms with van der Waals surface area (Å²) in [5, 5.41) is 6.42. The molecule has 0 bridgehead atoms. The lowest BCUT2D eigenvalue weighted by Crippen LogP contribution is -2.31. The minimum Gasteiger partial charge on any atom is -0.494 e. The number of rotatable bonds is 8. The largest absolute Gasteiger partial charge is 0.494 e. The maximum atomic E-state index is 11.8. The van der Waals surface area contributed by atoms with Gasteiger partial charge in [0.05, 0.1) is 13.2 Å². The highest BCUT2D eigenvalue weighted by atomic mass is 16.5. The van der Waals surface area contributed by atoms with Crippen LogP contribution in [0.1, 0.15) is 12.2 Å². The van der Waals surface area contributed by atoms with Gasteiger partial charge >= 0.3 is 0 Å². The molecule has 0 aliphatic rings. The van der Waals surface area contributed by atoms with Gasteiger partial charge in [0.15, 0.2) is 5.82 Å². The molecule has 0 saturated heterocycles. The summed E-state index contributed by atoms with van der Waals surface area (Å²) in [6.45, 7) is 3.48. The van der Waals surface area contributed by atoms with Crippen molar-refractivity contribution >= 4 is 11.7 Å². The summed E-state index contributed by atoms with van der Waals surface area (Å²) >= 11 is 0. The Bertz CT molecular complexity index is 583. The van der Waals surface area contributed by atoms with Crippen molar-refractivity contribution in [3.8, 4) is 5.75 Å². The van der Waals surface area contributed by atoms with Crippen LogP contribution in [-0.2, 0) is 4.79 Å². The van der Waals surface area contributed by atoms with Crippen LogP contribution in [0.4, 0.5) is 5.82 Å². The number of aryl methyl sites for hydroxylation is 1. The fourth-order valence-electron chi connectivity index (χ4n) is 1.97. The Balaban J connectivity index is 1.61. The van der Waals surface area contributed by atoms with Crippen molar-refractivity contribution in [1.29, 1.82) is 0 Å². The van der Waals surface area contributed by atoms with Crippen LogP contribution in [0.15, 0.2) is 40.9 Å². The Kier molecular flexibility index (Phi) is 5.97. The van der Waals surface area contributed by atoms with E-state index >= 15 is 0 Å². The van der Waals surface area contributed by atoms with Gasteiger partial charge in [-0.2, -0.15) is 0 Å². The van der Waals surface area contributed by atoms with Crippen LogP contribution >= 0.6 is 0 Å². The predicted octanol–water partition coefficient (Wildman–Crippen LogP) is 2.32. The average Bonchev–Trinajstić information content (AvgIpc) is 2.89. The lowest BCUT2D eigenvalue weighted by Gasteiger charge is -2.15. The molecule has 2 aromatic rings. The molecule has 0 aliphatic heterocycles. The SMILES string of the molecule is Cc1cc(NC(=O)CN(C)CCCOc2ccccc2)no1. The Labute approximate surface area is 130 Å². The normalized spacial score (nSPS) is 10.7. The number of carbonyl (C=O) groups excluding carboxylic acids is 1. The zero-order valence-electron chi connectivity index (χ0n) is 12.9. The van der Waals surface area contributed by atoms with E-state index in [-0.39, 0.29) is 5.91 Å². The number of para-hydroxylation sites is 1. The molecule has 0 fully saturated rings. The van der Waals surface area contributed by atoms with E-state index < -0.39 is 0 Å². The maximum Gasteiger partial charge on any atom is 0.239 e. The Morgan fingerprint density at radius 3 is 2.82 bits per heavy atom. The molecule has 6 nitrogen and oxygen atoms in total. The first-order chi connectivity index (χ1) is 10.6. The average molecular weight is 303 g/mol. The van der Waals surface area contributed by atoms with Gasteiger partial charge < -0.3 is 14.6 Å². The van der Waals surface area contributed by atoms with E-state index in [9.17, 15) is 4.79 Å². The molecule has 2 rings (SSSR count). The van der Waals surface area contributed by atoms with Crippen LogP contribution in [0.2, 0.25) is 0 Å². The molecule has 1 heterocycles. The zero-order chi connectivity index (χ0) is 15.8. The summed E-state index contributed by atoms with van der Waals surface area (Å²) in [6.07, 6.45) is 0.849. The summed E-state index contributed by atoms with van der Waals surface area (Å²) in [4.78, 5) is 13.8. The van der Waals surface area contributed by atoms with Crippen LogP contribution in [0, 0.1) is 6.92 Å². The molecule has 1 N–H and O–H groups in total. The number of benzene rings is 1. The number of ether oxygens (including phenoxy) is 1. The van der Waals surface area contributed by atoms with Crippen LogP contribution in [0.25, 0.3) is 0 Å². The standard InChI is InChI=1S/C16H21N3O3/c1-13-11-15(18-22-13)17-16(20)12-19(2)9-6-10-21-14-7-4-3-5-8-14/h3-5,7-8,11H,6,9-10,12H2,1-2H3,(H,17,18,20). The van der Waals surface area contributed by atoms with Crippen molar-refractivity contribution in [3.05, 3.63) is 42.2 Å². The van der Waals surface area contributed by atoms with Gasteiger partial charge in [0.25, 0.3) is 0 Å². The molecule has 0 atom stereocenters. The summed E-state index contributed by atoms with van der Waals surface area (Å²) in [5.74, 6) is 1.87. The highest BCUT2D eigenvalue weighted by Crippen LogP contribution is 2.09. The second-order valence-corrected chi connectivity index (χ2v) is 5.12. The minimum absolute atomic E-state index is 0.111. The summed E-state index contributed by atoms with van der Waals surface area (Å²) < 4.78 is 10.5. The monoisotopic (exact) mass is 303 g/mol. The topological polar surface area (TPSA) is 67.6 Å². The van der Waals surface area contributed by atoms with Crippen molar-refractivity contribution in [2.75, 3.05) is 32.1 Å². The van der Waals surface area contributed by atoms with Gasteiger partial charge in [-0.3, -0.25) is 9.69 Å². The molecule has 0 spiro atoms. The Morgan fingerprint density at radius 2 is 2.14 bits per heavy atom. The molecule has 1 aromatic heterocycles. The van der Waals surface area contributed by atoms with Gasteiger partial charge in [-0.25, -0.2) is 0 Å². The maximum absolute atomic E-state index is 11.8. The highest BCUT2D eigenvalue weighted by Gasteiger charge is 2.09. The second-order valence-electron chi connectivity index (χ2n) is 5.12. The third-order valence-electron chi connectivity index (χ3n) is 3.01. The van der Waals surface area contributed by atoms with Gasteiger partial charge in [0.2, 0.25) is 5.91 Å². The fraction of sp³-hybridized carbons (Fsp3) is 0.375. The number of nitrogens with one attached hydrogen (secondary N) is 1. The number of hydrogen-bond acceptors (Lipinski definition) is 5. The number of hydrogen-bond donors (Lipinski definition) is 1. The molecule has 1 amide bonds. The van der Waals surface area contributed by atoms with E-state index in [4.69, 9.17) is 9.26 Å². The van der Waals surface area contributed by atoms with E-state index in [0.29, 0.717) is 24.7 Å². The van der Waals surface area contributed by atoms with Gasteiger partial charge in [-0.05, 0) is 32.5 Å². The molecule has 6 heteroatoms. The summed E-state index contributed by atoms with van der Waals surface area (Å²) in [5.41, 5.74) is 0. The molecule has 22 heavy (non-hydrogen) atoms. The first kappa shape index (κ1) is 16.0. The number of anilines is 1. The highest BCUT2D eigenvalue weighted by molar-refractivity contribution is 5.91. The molecule has 0 aliphatic carbocycles. The molecule has 0 unspecified atom stereocenters. The lowest BCUT2D eigenvalue weighted by atomic mass is 10.3. The molecule has 0 radical (unpaired) electrons. The second kappa shape index (κ2) is 8.19. The minimum atomic E-state index is -0.111. The van der Waals surface area contributed by atoms with Gasteiger partial charge in [0, 0.05) is 12.6 Å². The number of aromatic nitrogens is 1. The van der Waals surface area contributed by atoms with Crippen molar-refractivity contribution in [2.45, 2.75) is 13.3 Å². The smallest absolute Gasteiger partial charge is 0.239 e. The summed E-state index contributed by atoms with van der Waals surface area (Å²) in [7, 11) is 1.90. The van der Waals surface area contributed by atoms with Crippen LogP contribution < -0.4 is 10.1 Å². The lowest BCUT2D eigenvalue weighted by molar-refractivity contribution is -0.117. The van der Waals surface area contributed by atoms with Gasteiger partial charge in [-0.15, -0.1) is 0 Å². The van der Waals surface area contributed by atoms with Crippen LogP contribution in [0.3, 0.4) is 0 Å². The summed E-state index contributed by atoms with van der Waals surface area (Å²) in [6, 6.07) is 11.4. The third kappa shape index (κ3) is 5.57. The van der Waals surface area contributed by atoms with Crippen molar-refractivity contribution in [3.63, 3.8) is 0 Å². The van der Waals surface area contributed by atoms with Crippen molar-refractivity contribution < 1.29 is 14.1 Å². The van der Waals surface area contributed by atoms with E-state index in [1.54, 1.807) is 13.0 Å².